The summed E-state index contributed by atoms with van der Waals surface area (Å²) in [5.74, 6) is -0.277. The normalized spacial score (nSPS) is 15.1. The van der Waals surface area contributed by atoms with E-state index in [4.69, 9.17) is 4.74 Å². The van der Waals surface area contributed by atoms with Gasteiger partial charge in [-0.05, 0) is 39.4 Å². The van der Waals surface area contributed by atoms with Gasteiger partial charge in [0.25, 0.3) is 0 Å². The number of hydrogen-bond donors (Lipinski definition) is 1. The summed E-state index contributed by atoms with van der Waals surface area (Å²) in [4.78, 5) is 16.2. The largest absolute Gasteiger partial charge is 0.378 e. The Morgan fingerprint density at radius 2 is 1.93 bits per heavy atom. The fourth-order valence-electron chi connectivity index (χ4n) is 3.27. The van der Waals surface area contributed by atoms with Gasteiger partial charge in [0, 0.05) is 31.8 Å². The molecule has 1 fully saturated rings. The number of nitrogens with zero attached hydrogens (tertiary/aromatic N) is 2. The molecule has 2 amide bonds. The smallest absolute Gasteiger partial charge is 0.317 e. The summed E-state index contributed by atoms with van der Waals surface area (Å²) >= 11 is 0. The summed E-state index contributed by atoms with van der Waals surface area (Å²) in [5, 5.41) is 2.95. The first-order valence-electron chi connectivity index (χ1n) is 10.1. The van der Waals surface area contributed by atoms with Crippen LogP contribution in [0.3, 0.4) is 0 Å². The lowest BCUT2D eigenvalue weighted by Crippen LogP contribution is -2.43. The van der Waals surface area contributed by atoms with Crippen LogP contribution in [-0.2, 0) is 11.3 Å². The fourth-order valence-corrected chi connectivity index (χ4v) is 3.27. The number of benzene rings is 1. The van der Waals surface area contributed by atoms with Gasteiger partial charge < -0.3 is 19.9 Å². The lowest BCUT2D eigenvalue weighted by molar-refractivity contribution is 0.0274. The lowest BCUT2D eigenvalue weighted by atomic mass is 9.98. The van der Waals surface area contributed by atoms with E-state index in [0.717, 1.165) is 25.8 Å². The number of hydrogen-bond acceptors (Lipinski definition) is 3. The van der Waals surface area contributed by atoms with Gasteiger partial charge in [-0.2, -0.15) is 0 Å². The van der Waals surface area contributed by atoms with E-state index in [0.29, 0.717) is 31.4 Å². The van der Waals surface area contributed by atoms with E-state index in [2.05, 4.69) is 5.32 Å². The van der Waals surface area contributed by atoms with Crippen molar-refractivity contribution in [2.75, 3.05) is 40.3 Å². The zero-order valence-electron chi connectivity index (χ0n) is 16.8. The summed E-state index contributed by atoms with van der Waals surface area (Å²) in [7, 11) is 3.92. The lowest BCUT2D eigenvalue weighted by Gasteiger charge is -2.25. The van der Waals surface area contributed by atoms with Gasteiger partial charge >= 0.3 is 6.03 Å². The highest BCUT2D eigenvalue weighted by atomic mass is 19.1. The number of carbonyl (C=O) groups is 1. The van der Waals surface area contributed by atoms with Crippen LogP contribution in [0.15, 0.2) is 24.3 Å². The number of nitrogens with one attached hydrogen (secondary N) is 1. The monoisotopic (exact) mass is 379 g/mol. The predicted molar refractivity (Wildman–Crippen MR) is 106 cm³/mol. The molecule has 1 aromatic carbocycles. The number of urea groups is 1. The van der Waals surface area contributed by atoms with E-state index in [1.54, 1.807) is 23.1 Å². The average Bonchev–Trinajstić information content (AvgIpc) is 2.66. The minimum Gasteiger partial charge on any atom is -0.378 e. The van der Waals surface area contributed by atoms with Gasteiger partial charge in [0.15, 0.2) is 0 Å². The SMILES string of the molecule is CN(C)CCN(Cc1ccccc1F)C(=O)NCCCOC1CCCCC1. The maximum atomic E-state index is 14.0. The molecule has 5 nitrogen and oxygen atoms in total. The van der Waals surface area contributed by atoms with Crippen molar-refractivity contribution in [2.45, 2.75) is 51.2 Å². The zero-order valence-corrected chi connectivity index (χ0v) is 16.8. The van der Waals surface area contributed by atoms with Crippen molar-refractivity contribution in [2.24, 2.45) is 0 Å². The number of rotatable bonds is 10. The minimum atomic E-state index is -0.277. The summed E-state index contributed by atoms with van der Waals surface area (Å²) in [6.45, 7) is 2.79. The van der Waals surface area contributed by atoms with Crippen molar-refractivity contribution in [3.8, 4) is 0 Å². The molecule has 1 aliphatic rings. The first kappa shape index (κ1) is 21.6. The molecule has 1 aromatic rings. The molecule has 0 aromatic heterocycles. The molecule has 0 spiro atoms. The summed E-state index contributed by atoms with van der Waals surface area (Å²) < 4.78 is 19.9. The zero-order chi connectivity index (χ0) is 19.5. The molecule has 2 rings (SSSR count). The van der Waals surface area contributed by atoms with Crippen LogP contribution >= 0.6 is 0 Å². The van der Waals surface area contributed by atoms with Gasteiger partial charge in [-0.3, -0.25) is 0 Å². The Kier molecular flexibility index (Phi) is 9.56. The molecule has 0 heterocycles. The van der Waals surface area contributed by atoms with E-state index in [1.165, 1.54) is 25.3 Å². The van der Waals surface area contributed by atoms with Gasteiger partial charge in [0.2, 0.25) is 0 Å². The molecule has 1 saturated carbocycles. The molecular formula is C21H34FN3O2. The standard InChI is InChI=1S/C21H34FN3O2/c1-24(2)14-15-25(17-18-9-6-7-12-20(18)22)21(26)23-13-8-16-27-19-10-4-3-5-11-19/h6-7,9,12,19H,3-5,8,10-11,13-17H2,1-2H3,(H,23,26). The molecule has 152 valence electrons. The Morgan fingerprint density at radius 1 is 1.19 bits per heavy atom. The summed E-state index contributed by atoms with van der Waals surface area (Å²) in [6, 6.07) is 6.46. The number of likely N-dealkylation sites (N-methyl/N-ethyl adjacent to an activating group) is 1. The van der Waals surface area contributed by atoms with E-state index < -0.39 is 0 Å². The van der Waals surface area contributed by atoms with E-state index in [-0.39, 0.29) is 18.4 Å². The van der Waals surface area contributed by atoms with Gasteiger partial charge in [0.1, 0.15) is 5.82 Å². The quantitative estimate of drug-likeness (QED) is 0.631. The van der Waals surface area contributed by atoms with Crippen molar-refractivity contribution < 1.29 is 13.9 Å². The number of carbonyl (C=O) groups excluding carboxylic acids is 1. The highest BCUT2D eigenvalue weighted by Gasteiger charge is 2.16. The Bertz CT molecular complexity index is 562. The second-order valence-corrected chi connectivity index (χ2v) is 7.53. The first-order valence-corrected chi connectivity index (χ1v) is 10.1. The van der Waals surface area contributed by atoms with Crippen LogP contribution in [0, 0.1) is 5.82 Å². The van der Waals surface area contributed by atoms with Crippen LogP contribution < -0.4 is 5.32 Å². The third kappa shape index (κ3) is 8.26. The molecule has 27 heavy (non-hydrogen) atoms. The molecule has 0 unspecified atom stereocenters. The topological polar surface area (TPSA) is 44.8 Å². The Morgan fingerprint density at radius 3 is 2.63 bits per heavy atom. The maximum absolute atomic E-state index is 14.0. The average molecular weight is 380 g/mol. The Labute approximate surface area is 162 Å². The number of amides is 2. The second kappa shape index (κ2) is 11.9. The fraction of sp³-hybridized carbons (Fsp3) is 0.667. The van der Waals surface area contributed by atoms with E-state index in [9.17, 15) is 9.18 Å². The van der Waals surface area contributed by atoms with Gasteiger partial charge in [-0.25, -0.2) is 9.18 Å². The molecular weight excluding hydrogens is 345 g/mol. The van der Waals surface area contributed by atoms with Gasteiger partial charge in [-0.15, -0.1) is 0 Å². The van der Waals surface area contributed by atoms with Gasteiger partial charge in [-0.1, -0.05) is 37.5 Å². The molecule has 1 aliphatic carbocycles. The number of halogens is 1. The van der Waals surface area contributed by atoms with Crippen LogP contribution in [0.25, 0.3) is 0 Å². The van der Waals surface area contributed by atoms with Crippen molar-refractivity contribution in [1.82, 2.24) is 15.1 Å². The molecule has 0 aliphatic heterocycles. The third-order valence-corrected chi connectivity index (χ3v) is 4.93. The van der Waals surface area contributed by atoms with Crippen molar-refractivity contribution >= 4 is 6.03 Å². The molecule has 6 heteroatoms. The highest BCUT2D eigenvalue weighted by molar-refractivity contribution is 5.74. The summed E-state index contributed by atoms with van der Waals surface area (Å²) in [5.41, 5.74) is 0.534. The van der Waals surface area contributed by atoms with E-state index in [1.807, 2.05) is 19.0 Å². The molecule has 0 saturated heterocycles. The van der Waals surface area contributed by atoms with E-state index >= 15 is 0 Å². The summed E-state index contributed by atoms with van der Waals surface area (Å²) in [6.07, 6.45) is 7.36. The Hall–Kier alpha value is -1.66. The second-order valence-electron chi connectivity index (χ2n) is 7.53. The van der Waals surface area contributed by atoms with Crippen LogP contribution in [-0.4, -0.2) is 62.3 Å². The highest BCUT2D eigenvalue weighted by Crippen LogP contribution is 2.20. The third-order valence-electron chi connectivity index (χ3n) is 4.93. The van der Waals surface area contributed by atoms with Crippen LogP contribution in [0.5, 0.6) is 0 Å². The molecule has 0 atom stereocenters. The van der Waals surface area contributed by atoms with Crippen LogP contribution in [0.1, 0.15) is 44.1 Å². The van der Waals surface area contributed by atoms with Crippen molar-refractivity contribution in [3.63, 3.8) is 0 Å². The molecule has 0 radical (unpaired) electrons. The molecule has 0 bridgehead atoms. The molecule has 1 N–H and O–H groups in total. The van der Waals surface area contributed by atoms with Crippen LogP contribution in [0.4, 0.5) is 9.18 Å². The first-order chi connectivity index (χ1) is 13.1. The maximum Gasteiger partial charge on any atom is 0.317 e. The number of ether oxygens (including phenoxy) is 1. The van der Waals surface area contributed by atoms with Gasteiger partial charge in [0.05, 0.1) is 12.6 Å². The predicted octanol–water partition coefficient (Wildman–Crippen LogP) is 3.64. The van der Waals surface area contributed by atoms with Crippen molar-refractivity contribution in [3.05, 3.63) is 35.6 Å². The van der Waals surface area contributed by atoms with Crippen molar-refractivity contribution in [1.29, 1.82) is 0 Å². The van der Waals surface area contributed by atoms with Crippen LogP contribution in [0.2, 0.25) is 0 Å². The Balaban J connectivity index is 1.75. The minimum absolute atomic E-state index is 0.155.